The summed E-state index contributed by atoms with van der Waals surface area (Å²) < 4.78 is 7.34. The lowest BCUT2D eigenvalue weighted by molar-refractivity contribution is 0.144. The average Bonchev–Trinajstić information content (AvgIpc) is 3.54. The molecular weight excluding hydrogens is 456 g/mol. The van der Waals surface area contributed by atoms with Crippen molar-refractivity contribution in [2.75, 3.05) is 7.11 Å². The lowest BCUT2D eigenvalue weighted by atomic mass is 9.72. The van der Waals surface area contributed by atoms with Gasteiger partial charge in [-0.25, -0.2) is 14.3 Å². The molecule has 1 fully saturated rings. The van der Waals surface area contributed by atoms with E-state index in [1.807, 2.05) is 71.4 Å². The number of aromatic nitrogens is 5. The summed E-state index contributed by atoms with van der Waals surface area (Å²) >= 11 is 0. The van der Waals surface area contributed by atoms with Crippen molar-refractivity contribution in [3.05, 3.63) is 78.6 Å². The normalized spacial score (nSPS) is 14.4. The summed E-state index contributed by atoms with van der Waals surface area (Å²) in [5.74, 6) is 0.460. The second-order valence-corrected chi connectivity index (χ2v) is 8.94. The van der Waals surface area contributed by atoms with E-state index in [4.69, 9.17) is 14.8 Å². The summed E-state index contributed by atoms with van der Waals surface area (Å²) in [6.07, 6.45) is 5.13. The van der Waals surface area contributed by atoms with Gasteiger partial charge in [-0.05, 0) is 24.8 Å². The molecule has 2 aromatic carbocycles. The van der Waals surface area contributed by atoms with Crippen LogP contribution in [0.1, 0.15) is 24.8 Å². The Labute approximate surface area is 206 Å². The maximum Gasteiger partial charge on any atom is 0.405 e. The third-order valence-corrected chi connectivity index (χ3v) is 6.89. The number of carboxylic acid groups (broad SMARTS) is 1. The molecule has 0 saturated heterocycles. The van der Waals surface area contributed by atoms with Gasteiger partial charge in [-0.2, -0.15) is 5.10 Å². The molecule has 180 valence electrons. The zero-order chi connectivity index (χ0) is 24.7. The van der Waals surface area contributed by atoms with Crippen LogP contribution in [0, 0.1) is 0 Å². The standard InChI is InChI=1S/C27H24N6O3/c1-36-22-14-21(19-15-28-29-16-19)25-30-23(24(33(25)32-22)18-6-3-2-4-7-18)17-8-10-20(11-9-17)27(12-5-13-27)31-26(34)35/h2-4,6-11,14-16,31H,5,12-13H2,1H3,(H,28,29)(H,34,35). The number of ether oxygens (including phenoxy) is 1. The number of amides is 1. The zero-order valence-electron chi connectivity index (χ0n) is 19.6. The van der Waals surface area contributed by atoms with Crippen molar-refractivity contribution in [1.29, 1.82) is 0 Å². The minimum Gasteiger partial charge on any atom is -0.480 e. The number of nitrogens with zero attached hydrogens (tertiary/aromatic N) is 4. The number of hydrogen-bond donors (Lipinski definition) is 3. The number of fused-ring (bicyclic) bond motifs is 1. The van der Waals surface area contributed by atoms with Gasteiger partial charge in [0, 0.05) is 34.5 Å². The van der Waals surface area contributed by atoms with E-state index in [1.165, 1.54) is 0 Å². The molecule has 36 heavy (non-hydrogen) atoms. The summed E-state index contributed by atoms with van der Waals surface area (Å²) in [7, 11) is 1.59. The highest BCUT2D eigenvalue weighted by Crippen LogP contribution is 2.42. The third kappa shape index (κ3) is 3.56. The summed E-state index contributed by atoms with van der Waals surface area (Å²) in [6, 6.07) is 19.8. The summed E-state index contributed by atoms with van der Waals surface area (Å²) in [5, 5.41) is 23.8. The first kappa shape index (κ1) is 21.8. The maximum absolute atomic E-state index is 11.4. The largest absolute Gasteiger partial charge is 0.480 e. The average molecular weight is 481 g/mol. The van der Waals surface area contributed by atoms with Crippen LogP contribution in [0.25, 0.3) is 39.3 Å². The molecule has 3 N–H and O–H groups in total. The molecule has 3 heterocycles. The lowest BCUT2D eigenvalue weighted by Gasteiger charge is -2.42. The summed E-state index contributed by atoms with van der Waals surface area (Å²) in [6.45, 7) is 0. The number of carbonyl (C=O) groups is 1. The molecule has 0 aliphatic heterocycles. The van der Waals surface area contributed by atoms with Crippen LogP contribution in [0.5, 0.6) is 5.88 Å². The molecule has 0 radical (unpaired) electrons. The summed E-state index contributed by atoms with van der Waals surface area (Å²) in [4.78, 5) is 16.5. The topological polar surface area (TPSA) is 117 Å². The monoisotopic (exact) mass is 480 g/mol. The van der Waals surface area contributed by atoms with E-state index in [1.54, 1.807) is 13.3 Å². The van der Waals surface area contributed by atoms with Gasteiger partial charge in [-0.1, -0.05) is 54.6 Å². The van der Waals surface area contributed by atoms with E-state index >= 15 is 0 Å². The van der Waals surface area contributed by atoms with Gasteiger partial charge in [-0.3, -0.25) is 5.10 Å². The molecule has 0 atom stereocenters. The second kappa shape index (κ2) is 8.53. The van der Waals surface area contributed by atoms with Gasteiger partial charge in [0.25, 0.3) is 0 Å². The fourth-order valence-electron chi connectivity index (χ4n) is 4.93. The van der Waals surface area contributed by atoms with E-state index in [9.17, 15) is 9.90 Å². The van der Waals surface area contributed by atoms with Crippen LogP contribution >= 0.6 is 0 Å². The highest BCUT2D eigenvalue weighted by atomic mass is 16.5. The van der Waals surface area contributed by atoms with Crippen LogP contribution in [-0.4, -0.2) is 43.1 Å². The molecule has 6 rings (SSSR count). The van der Waals surface area contributed by atoms with Crippen LogP contribution < -0.4 is 10.1 Å². The highest BCUT2D eigenvalue weighted by Gasteiger charge is 2.40. The SMILES string of the molecule is COc1cc(-c2cn[nH]c2)c2nc(-c3ccc(C4(NC(=O)O)CCC4)cc3)c(-c3ccccc3)n2n1. The predicted molar refractivity (Wildman–Crippen MR) is 135 cm³/mol. The van der Waals surface area contributed by atoms with Crippen LogP contribution in [0.15, 0.2) is 73.1 Å². The molecule has 1 saturated carbocycles. The number of nitrogens with one attached hydrogen (secondary N) is 2. The van der Waals surface area contributed by atoms with Gasteiger partial charge in [0.1, 0.15) is 5.69 Å². The summed E-state index contributed by atoms with van der Waals surface area (Å²) in [5.41, 5.74) is 6.32. The van der Waals surface area contributed by atoms with Crippen molar-refractivity contribution in [3.8, 4) is 39.5 Å². The van der Waals surface area contributed by atoms with Crippen molar-refractivity contribution >= 4 is 11.7 Å². The molecule has 1 aliphatic rings. The van der Waals surface area contributed by atoms with Gasteiger partial charge < -0.3 is 15.2 Å². The zero-order valence-corrected chi connectivity index (χ0v) is 19.6. The van der Waals surface area contributed by atoms with Crippen LogP contribution in [0.4, 0.5) is 4.79 Å². The van der Waals surface area contributed by atoms with E-state index in [2.05, 4.69) is 15.5 Å². The molecule has 5 aromatic rings. The molecule has 0 unspecified atom stereocenters. The third-order valence-electron chi connectivity index (χ3n) is 6.89. The molecule has 1 amide bonds. The van der Waals surface area contributed by atoms with Crippen molar-refractivity contribution in [2.45, 2.75) is 24.8 Å². The van der Waals surface area contributed by atoms with Gasteiger partial charge in [0.15, 0.2) is 5.65 Å². The van der Waals surface area contributed by atoms with Crippen molar-refractivity contribution in [1.82, 2.24) is 30.1 Å². The maximum atomic E-state index is 11.4. The molecular formula is C27H24N6O3. The Bertz CT molecular complexity index is 1540. The first-order chi connectivity index (χ1) is 17.6. The first-order valence-corrected chi connectivity index (χ1v) is 11.7. The number of benzene rings is 2. The van der Waals surface area contributed by atoms with Crippen LogP contribution in [-0.2, 0) is 5.54 Å². The molecule has 0 spiro atoms. The minimum atomic E-state index is -1.00. The Morgan fingerprint density at radius 2 is 1.86 bits per heavy atom. The first-order valence-electron chi connectivity index (χ1n) is 11.7. The molecule has 3 aromatic heterocycles. The Balaban J connectivity index is 1.55. The number of rotatable bonds is 6. The van der Waals surface area contributed by atoms with Gasteiger partial charge in [-0.15, -0.1) is 5.10 Å². The Kier molecular flexibility index (Phi) is 5.18. The quantitative estimate of drug-likeness (QED) is 0.311. The second-order valence-electron chi connectivity index (χ2n) is 8.94. The molecule has 0 bridgehead atoms. The van der Waals surface area contributed by atoms with Crippen LogP contribution in [0.3, 0.4) is 0 Å². The van der Waals surface area contributed by atoms with Crippen molar-refractivity contribution in [3.63, 3.8) is 0 Å². The Hall–Kier alpha value is -4.66. The Morgan fingerprint density at radius 3 is 2.47 bits per heavy atom. The highest BCUT2D eigenvalue weighted by molar-refractivity contribution is 5.87. The number of imidazole rings is 1. The number of H-pyrrole nitrogens is 1. The molecule has 9 nitrogen and oxygen atoms in total. The van der Waals surface area contributed by atoms with E-state index in [-0.39, 0.29) is 0 Å². The van der Waals surface area contributed by atoms with E-state index in [0.29, 0.717) is 11.5 Å². The van der Waals surface area contributed by atoms with Crippen LogP contribution in [0.2, 0.25) is 0 Å². The molecule has 1 aliphatic carbocycles. The van der Waals surface area contributed by atoms with Crippen molar-refractivity contribution in [2.24, 2.45) is 0 Å². The predicted octanol–water partition coefficient (Wildman–Crippen LogP) is 5.11. The number of hydrogen-bond acceptors (Lipinski definition) is 5. The smallest absolute Gasteiger partial charge is 0.405 e. The number of aromatic amines is 1. The number of methoxy groups -OCH3 is 1. The van der Waals surface area contributed by atoms with Gasteiger partial charge in [0.05, 0.1) is 24.5 Å². The minimum absolute atomic E-state index is 0.460. The fraction of sp³-hybridized carbons (Fsp3) is 0.185. The van der Waals surface area contributed by atoms with E-state index in [0.717, 1.165) is 58.5 Å². The van der Waals surface area contributed by atoms with Gasteiger partial charge in [0.2, 0.25) is 5.88 Å². The van der Waals surface area contributed by atoms with Gasteiger partial charge >= 0.3 is 6.09 Å². The van der Waals surface area contributed by atoms with Crippen molar-refractivity contribution < 1.29 is 14.6 Å². The lowest BCUT2D eigenvalue weighted by Crippen LogP contribution is -2.50. The Morgan fingerprint density at radius 1 is 1.08 bits per heavy atom. The van der Waals surface area contributed by atoms with E-state index < -0.39 is 11.6 Å². The fourth-order valence-corrected chi connectivity index (χ4v) is 4.93. The molecule has 9 heteroatoms.